The number of hydrogen-bond acceptors (Lipinski definition) is 4. The summed E-state index contributed by atoms with van der Waals surface area (Å²) in [7, 11) is 0. The van der Waals surface area contributed by atoms with Gasteiger partial charge in [-0.1, -0.05) is 26.0 Å². The summed E-state index contributed by atoms with van der Waals surface area (Å²) in [4.78, 5) is 9.14. The van der Waals surface area contributed by atoms with Crippen molar-refractivity contribution in [1.29, 1.82) is 0 Å². The van der Waals surface area contributed by atoms with Gasteiger partial charge in [0.1, 0.15) is 0 Å². The molecular formula is C21H29IN4O2. The molecule has 2 N–H and O–H groups in total. The molecule has 28 heavy (non-hydrogen) atoms. The minimum Gasteiger partial charge on any atom is -0.454 e. The number of nitrogens with zero attached hydrogens (tertiary/aromatic N) is 2. The Hall–Kier alpha value is -2.03. The summed E-state index contributed by atoms with van der Waals surface area (Å²) in [5.41, 5.74) is 2.13. The lowest BCUT2D eigenvalue weighted by atomic mass is 9.84. The van der Waals surface area contributed by atoms with Gasteiger partial charge in [-0.05, 0) is 36.8 Å². The molecule has 0 aliphatic carbocycles. The topological polar surface area (TPSA) is 67.8 Å². The van der Waals surface area contributed by atoms with E-state index in [0.29, 0.717) is 13.3 Å². The van der Waals surface area contributed by atoms with E-state index in [-0.39, 0.29) is 29.4 Å². The smallest absolute Gasteiger partial charge is 0.231 e. The van der Waals surface area contributed by atoms with Crippen molar-refractivity contribution in [3.05, 3.63) is 53.9 Å². The van der Waals surface area contributed by atoms with Crippen molar-refractivity contribution in [3.8, 4) is 11.5 Å². The van der Waals surface area contributed by atoms with Crippen molar-refractivity contribution >= 4 is 29.9 Å². The Kier molecular flexibility index (Phi) is 8.35. The maximum Gasteiger partial charge on any atom is 0.231 e. The van der Waals surface area contributed by atoms with E-state index in [2.05, 4.69) is 48.5 Å². The van der Waals surface area contributed by atoms with E-state index in [1.165, 1.54) is 5.56 Å². The van der Waals surface area contributed by atoms with Crippen LogP contribution >= 0.6 is 24.0 Å². The molecule has 0 fully saturated rings. The molecule has 0 unspecified atom stereocenters. The summed E-state index contributed by atoms with van der Waals surface area (Å²) >= 11 is 0. The van der Waals surface area contributed by atoms with Gasteiger partial charge in [-0.25, -0.2) is 0 Å². The van der Waals surface area contributed by atoms with Crippen LogP contribution in [-0.4, -0.2) is 37.4 Å². The number of fused-ring (bicyclic) bond motifs is 1. The predicted molar refractivity (Wildman–Crippen MR) is 123 cm³/mol. The summed E-state index contributed by atoms with van der Waals surface area (Å²) in [5, 5.41) is 6.70. The number of hydrogen-bond donors (Lipinski definition) is 2. The average molecular weight is 496 g/mol. The summed E-state index contributed by atoms with van der Waals surface area (Å²) in [5.74, 6) is 2.44. The second kappa shape index (κ2) is 10.5. The van der Waals surface area contributed by atoms with Crippen LogP contribution in [0.2, 0.25) is 0 Å². The molecule has 0 amide bonds. The van der Waals surface area contributed by atoms with Crippen molar-refractivity contribution in [3.63, 3.8) is 0 Å². The first-order chi connectivity index (χ1) is 13.1. The summed E-state index contributed by atoms with van der Waals surface area (Å²) in [6.07, 6.45) is 2.68. The number of rotatable bonds is 7. The number of nitrogens with one attached hydrogen (secondary N) is 2. The minimum atomic E-state index is -0.121. The molecule has 1 aliphatic rings. The molecule has 0 spiro atoms. The van der Waals surface area contributed by atoms with E-state index < -0.39 is 0 Å². The second-order valence-electron chi connectivity index (χ2n) is 7.14. The van der Waals surface area contributed by atoms with Gasteiger partial charge in [0.05, 0.1) is 6.54 Å². The highest BCUT2D eigenvalue weighted by Crippen LogP contribution is 2.36. The molecular weight excluding hydrogens is 467 g/mol. The largest absolute Gasteiger partial charge is 0.454 e. The van der Waals surface area contributed by atoms with Gasteiger partial charge < -0.3 is 20.1 Å². The zero-order valence-electron chi connectivity index (χ0n) is 16.7. The first-order valence-corrected chi connectivity index (χ1v) is 9.41. The van der Waals surface area contributed by atoms with E-state index >= 15 is 0 Å². The van der Waals surface area contributed by atoms with Crippen molar-refractivity contribution in [2.75, 3.05) is 26.4 Å². The van der Waals surface area contributed by atoms with E-state index in [1.807, 2.05) is 30.5 Å². The van der Waals surface area contributed by atoms with Crippen LogP contribution in [0, 0.1) is 0 Å². The number of benzene rings is 1. The summed E-state index contributed by atoms with van der Waals surface area (Å²) in [6, 6.07) is 12.1. The van der Waals surface area contributed by atoms with Crippen molar-refractivity contribution in [2.24, 2.45) is 4.99 Å². The molecule has 6 nitrogen and oxygen atoms in total. The van der Waals surface area contributed by atoms with Crippen LogP contribution in [0.1, 0.15) is 32.0 Å². The molecule has 3 rings (SSSR count). The molecule has 2 heterocycles. The molecule has 0 bridgehead atoms. The van der Waals surface area contributed by atoms with E-state index in [9.17, 15) is 0 Å². The van der Waals surface area contributed by atoms with Gasteiger partial charge >= 0.3 is 0 Å². The zero-order valence-corrected chi connectivity index (χ0v) is 19.0. The van der Waals surface area contributed by atoms with Gasteiger partial charge in [-0.3, -0.25) is 9.98 Å². The third-order valence-corrected chi connectivity index (χ3v) is 4.53. The van der Waals surface area contributed by atoms with Crippen LogP contribution < -0.4 is 20.1 Å². The maximum atomic E-state index is 5.50. The van der Waals surface area contributed by atoms with Crippen molar-refractivity contribution in [2.45, 2.75) is 32.6 Å². The quantitative estimate of drug-likeness (QED) is 0.349. The first kappa shape index (κ1) is 22.3. The highest BCUT2D eigenvalue weighted by atomic mass is 127. The third kappa shape index (κ3) is 5.98. The van der Waals surface area contributed by atoms with Gasteiger partial charge in [0.2, 0.25) is 6.79 Å². The van der Waals surface area contributed by atoms with Crippen LogP contribution in [0.5, 0.6) is 11.5 Å². The molecule has 0 saturated heterocycles. The summed E-state index contributed by atoms with van der Waals surface area (Å²) < 4.78 is 10.9. The standard InChI is InChI=1S/C21H28N4O2.HI/c1-4-22-20(24-12-10-17-7-5-6-11-23-17)25-14-21(2,3)16-8-9-18-19(13-16)27-15-26-18;/h5-9,11,13H,4,10,12,14-15H2,1-3H3,(H2,22,24,25);1H. The van der Waals surface area contributed by atoms with Gasteiger partial charge in [-0.15, -0.1) is 24.0 Å². The van der Waals surface area contributed by atoms with E-state index in [0.717, 1.165) is 42.7 Å². The second-order valence-corrected chi connectivity index (χ2v) is 7.14. The number of aromatic nitrogens is 1. The Balaban J connectivity index is 0.00000280. The van der Waals surface area contributed by atoms with E-state index in [4.69, 9.17) is 14.5 Å². The highest BCUT2D eigenvalue weighted by molar-refractivity contribution is 14.0. The van der Waals surface area contributed by atoms with Gasteiger partial charge in [0.15, 0.2) is 17.5 Å². The number of aliphatic imine (C=N–C) groups is 1. The number of ether oxygens (including phenoxy) is 2. The molecule has 152 valence electrons. The van der Waals surface area contributed by atoms with Gasteiger partial charge in [-0.2, -0.15) is 0 Å². The van der Waals surface area contributed by atoms with Crippen LogP contribution in [-0.2, 0) is 11.8 Å². The Labute approximate surface area is 184 Å². The SMILES string of the molecule is CCNC(=NCC(C)(C)c1ccc2c(c1)OCO2)NCCc1ccccn1.I. The van der Waals surface area contributed by atoms with Crippen LogP contribution in [0.4, 0.5) is 0 Å². The van der Waals surface area contributed by atoms with Crippen molar-refractivity contribution in [1.82, 2.24) is 15.6 Å². The Bertz CT molecular complexity index is 781. The predicted octanol–water partition coefficient (Wildman–Crippen LogP) is 3.50. The molecule has 0 radical (unpaired) electrons. The normalized spacial score (nSPS) is 13.0. The molecule has 2 aromatic rings. The lowest BCUT2D eigenvalue weighted by molar-refractivity contribution is 0.174. The lowest BCUT2D eigenvalue weighted by Crippen LogP contribution is -2.39. The molecule has 0 atom stereocenters. The number of guanidine groups is 1. The molecule has 1 aromatic carbocycles. The molecule has 0 saturated carbocycles. The fraction of sp³-hybridized carbons (Fsp3) is 0.429. The Morgan fingerprint density at radius 2 is 1.96 bits per heavy atom. The fourth-order valence-corrected chi connectivity index (χ4v) is 2.88. The number of pyridine rings is 1. The molecule has 1 aromatic heterocycles. The van der Waals surface area contributed by atoms with Crippen LogP contribution in [0.25, 0.3) is 0 Å². The maximum absolute atomic E-state index is 5.50. The molecule has 1 aliphatic heterocycles. The average Bonchev–Trinajstić information content (AvgIpc) is 3.15. The monoisotopic (exact) mass is 496 g/mol. The van der Waals surface area contributed by atoms with E-state index in [1.54, 1.807) is 0 Å². The van der Waals surface area contributed by atoms with Crippen molar-refractivity contribution < 1.29 is 9.47 Å². The Morgan fingerprint density at radius 1 is 1.14 bits per heavy atom. The van der Waals surface area contributed by atoms with Gasteiger partial charge in [0, 0.05) is 36.8 Å². The summed E-state index contributed by atoms with van der Waals surface area (Å²) in [6.45, 7) is 9.00. The zero-order chi connectivity index (χ0) is 19.1. The Morgan fingerprint density at radius 3 is 2.71 bits per heavy atom. The van der Waals surface area contributed by atoms with Crippen LogP contribution in [0.3, 0.4) is 0 Å². The number of halogens is 1. The lowest BCUT2D eigenvalue weighted by Gasteiger charge is -2.24. The van der Waals surface area contributed by atoms with Gasteiger partial charge in [0.25, 0.3) is 0 Å². The molecule has 7 heteroatoms. The highest BCUT2D eigenvalue weighted by Gasteiger charge is 2.24. The van der Waals surface area contributed by atoms with Crippen LogP contribution in [0.15, 0.2) is 47.6 Å². The third-order valence-electron chi connectivity index (χ3n) is 4.53. The first-order valence-electron chi connectivity index (χ1n) is 9.41. The fourth-order valence-electron chi connectivity index (χ4n) is 2.88. The minimum absolute atomic E-state index is 0.